The van der Waals surface area contributed by atoms with Crippen molar-refractivity contribution in [2.75, 3.05) is 13.1 Å². The van der Waals surface area contributed by atoms with E-state index in [0.29, 0.717) is 19.5 Å². The van der Waals surface area contributed by atoms with Gasteiger partial charge in [-0.15, -0.1) is 0 Å². The molecule has 0 unspecified atom stereocenters. The van der Waals surface area contributed by atoms with E-state index in [2.05, 4.69) is 16.4 Å². The molecule has 0 atom stereocenters. The van der Waals surface area contributed by atoms with E-state index in [0.717, 1.165) is 11.9 Å². The third kappa shape index (κ3) is 4.60. The van der Waals surface area contributed by atoms with E-state index in [1.165, 1.54) is 10.9 Å². The summed E-state index contributed by atoms with van der Waals surface area (Å²) >= 11 is 0. The van der Waals surface area contributed by atoms with Crippen molar-refractivity contribution < 1.29 is 9.59 Å². The van der Waals surface area contributed by atoms with Gasteiger partial charge in [-0.3, -0.25) is 9.59 Å². The highest BCUT2D eigenvalue weighted by atomic mass is 16.2. The van der Waals surface area contributed by atoms with Crippen LogP contribution in [0.2, 0.25) is 0 Å². The lowest BCUT2D eigenvalue weighted by molar-refractivity contribution is -0.134. The van der Waals surface area contributed by atoms with Crippen LogP contribution in [0.15, 0.2) is 30.5 Å². The summed E-state index contributed by atoms with van der Waals surface area (Å²) in [6, 6.07) is 8.14. The summed E-state index contributed by atoms with van der Waals surface area (Å²) < 4.78 is 0. The van der Waals surface area contributed by atoms with Gasteiger partial charge in [0.2, 0.25) is 11.8 Å². The zero-order valence-corrected chi connectivity index (χ0v) is 15.0. The number of carbonyl (C=O) groups excluding carboxylic acids is 2. The highest BCUT2D eigenvalue weighted by Gasteiger charge is 2.23. The van der Waals surface area contributed by atoms with Gasteiger partial charge in [-0.2, -0.15) is 0 Å². The van der Waals surface area contributed by atoms with Crippen molar-refractivity contribution in [3.05, 3.63) is 36.0 Å². The molecule has 2 rings (SSSR count). The van der Waals surface area contributed by atoms with E-state index in [1.807, 2.05) is 45.2 Å². The van der Waals surface area contributed by atoms with Crippen LogP contribution in [0.1, 0.15) is 39.7 Å². The second kappa shape index (κ2) is 7.51. The SMILES string of the molecule is CC(=O)N(CCC(=O)NCCc1c[nH]c2ccccc12)C(C)(C)C. The molecule has 1 aromatic carbocycles. The molecule has 5 nitrogen and oxygen atoms in total. The van der Waals surface area contributed by atoms with Crippen LogP contribution in [0.4, 0.5) is 0 Å². The smallest absolute Gasteiger partial charge is 0.221 e. The Balaban J connectivity index is 1.80. The van der Waals surface area contributed by atoms with E-state index >= 15 is 0 Å². The largest absolute Gasteiger partial charge is 0.361 e. The zero-order valence-electron chi connectivity index (χ0n) is 15.0. The third-order valence-electron chi connectivity index (χ3n) is 4.14. The summed E-state index contributed by atoms with van der Waals surface area (Å²) in [4.78, 5) is 28.7. The molecule has 1 heterocycles. The molecule has 0 fully saturated rings. The third-order valence-corrected chi connectivity index (χ3v) is 4.14. The monoisotopic (exact) mass is 329 g/mol. The summed E-state index contributed by atoms with van der Waals surface area (Å²) in [6.07, 6.45) is 3.10. The summed E-state index contributed by atoms with van der Waals surface area (Å²) in [5.41, 5.74) is 2.04. The minimum absolute atomic E-state index is 0.00547. The van der Waals surface area contributed by atoms with E-state index in [1.54, 1.807) is 11.8 Å². The predicted molar refractivity (Wildman–Crippen MR) is 96.8 cm³/mol. The number of H-pyrrole nitrogens is 1. The van der Waals surface area contributed by atoms with Crippen molar-refractivity contribution in [3.8, 4) is 0 Å². The van der Waals surface area contributed by atoms with Gasteiger partial charge in [-0.25, -0.2) is 0 Å². The molecule has 2 amide bonds. The van der Waals surface area contributed by atoms with Gasteiger partial charge in [0.05, 0.1) is 0 Å². The summed E-state index contributed by atoms with van der Waals surface area (Å²) in [5.74, 6) is -0.0283. The van der Waals surface area contributed by atoms with E-state index in [4.69, 9.17) is 0 Å². The Labute approximate surface area is 143 Å². The molecule has 0 saturated carbocycles. The molecule has 0 saturated heterocycles. The number of carbonyl (C=O) groups is 2. The number of hydrogen-bond donors (Lipinski definition) is 2. The second-order valence-corrected chi connectivity index (χ2v) is 7.05. The number of aromatic nitrogens is 1. The molecule has 2 N–H and O–H groups in total. The molecule has 0 aliphatic carbocycles. The summed E-state index contributed by atoms with van der Waals surface area (Å²) in [5, 5.41) is 4.14. The van der Waals surface area contributed by atoms with Crippen LogP contribution in [-0.4, -0.2) is 40.3 Å². The number of amides is 2. The molecule has 1 aromatic heterocycles. The fourth-order valence-electron chi connectivity index (χ4n) is 2.94. The number of rotatable bonds is 6. The highest BCUT2D eigenvalue weighted by Crippen LogP contribution is 2.17. The maximum absolute atomic E-state index is 12.0. The van der Waals surface area contributed by atoms with Gasteiger partial charge in [0.15, 0.2) is 0 Å². The first-order valence-corrected chi connectivity index (χ1v) is 8.39. The molecule has 5 heteroatoms. The van der Waals surface area contributed by atoms with Gasteiger partial charge >= 0.3 is 0 Å². The average molecular weight is 329 g/mol. The Bertz CT molecular complexity index is 713. The van der Waals surface area contributed by atoms with Crippen molar-refractivity contribution in [1.29, 1.82) is 0 Å². The number of nitrogens with zero attached hydrogens (tertiary/aromatic N) is 1. The van der Waals surface area contributed by atoms with Crippen molar-refractivity contribution >= 4 is 22.7 Å². The Kier molecular flexibility index (Phi) is 5.65. The molecule has 0 radical (unpaired) electrons. The van der Waals surface area contributed by atoms with Crippen LogP contribution in [-0.2, 0) is 16.0 Å². The molecule has 2 aromatic rings. The molecule has 24 heavy (non-hydrogen) atoms. The zero-order chi connectivity index (χ0) is 17.7. The number of fused-ring (bicyclic) bond motifs is 1. The normalized spacial score (nSPS) is 11.5. The van der Waals surface area contributed by atoms with Crippen molar-refractivity contribution in [2.24, 2.45) is 0 Å². The predicted octanol–water partition coefficient (Wildman–Crippen LogP) is 2.86. The number of benzene rings is 1. The summed E-state index contributed by atoms with van der Waals surface area (Å²) in [7, 11) is 0. The molecule has 130 valence electrons. The lowest BCUT2D eigenvalue weighted by atomic mass is 10.1. The first kappa shape index (κ1) is 18.0. The standard InChI is InChI=1S/C19H27N3O2/c1-14(23)22(19(2,3)4)12-10-18(24)20-11-9-15-13-21-17-8-6-5-7-16(15)17/h5-8,13,21H,9-12H2,1-4H3,(H,20,24). The summed E-state index contributed by atoms with van der Waals surface area (Å²) in [6.45, 7) is 8.50. The Morgan fingerprint density at radius 1 is 1.21 bits per heavy atom. The minimum Gasteiger partial charge on any atom is -0.361 e. The minimum atomic E-state index is -0.268. The lowest BCUT2D eigenvalue weighted by Crippen LogP contribution is -2.46. The fourth-order valence-corrected chi connectivity index (χ4v) is 2.94. The first-order valence-electron chi connectivity index (χ1n) is 8.39. The number of nitrogens with one attached hydrogen (secondary N) is 2. The van der Waals surface area contributed by atoms with Crippen molar-refractivity contribution in [2.45, 2.75) is 46.1 Å². The molecular weight excluding hydrogens is 302 g/mol. The molecule has 0 spiro atoms. The lowest BCUT2D eigenvalue weighted by Gasteiger charge is -2.34. The van der Waals surface area contributed by atoms with Crippen LogP contribution in [0.25, 0.3) is 10.9 Å². The van der Waals surface area contributed by atoms with Crippen molar-refractivity contribution in [3.63, 3.8) is 0 Å². The average Bonchev–Trinajstić information content (AvgIpc) is 2.89. The van der Waals surface area contributed by atoms with E-state index in [9.17, 15) is 9.59 Å². The van der Waals surface area contributed by atoms with Crippen LogP contribution in [0.5, 0.6) is 0 Å². The van der Waals surface area contributed by atoms with Gasteiger partial charge in [0, 0.05) is 49.1 Å². The van der Waals surface area contributed by atoms with Crippen LogP contribution in [0, 0.1) is 0 Å². The van der Waals surface area contributed by atoms with Gasteiger partial charge in [0.25, 0.3) is 0 Å². The van der Waals surface area contributed by atoms with Crippen molar-refractivity contribution in [1.82, 2.24) is 15.2 Å². The molecule has 0 bridgehead atoms. The molecule has 0 aliphatic heterocycles. The highest BCUT2D eigenvalue weighted by molar-refractivity contribution is 5.83. The van der Waals surface area contributed by atoms with Gasteiger partial charge in [-0.05, 0) is 38.8 Å². The van der Waals surface area contributed by atoms with Crippen LogP contribution >= 0.6 is 0 Å². The van der Waals surface area contributed by atoms with Gasteiger partial charge in [0.1, 0.15) is 0 Å². The second-order valence-electron chi connectivity index (χ2n) is 7.05. The maximum atomic E-state index is 12.0. The maximum Gasteiger partial charge on any atom is 0.221 e. The first-order chi connectivity index (χ1) is 11.3. The van der Waals surface area contributed by atoms with Crippen LogP contribution < -0.4 is 5.32 Å². The topological polar surface area (TPSA) is 65.2 Å². The Morgan fingerprint density at radius 3 is 2.58 bits per heavy atom. The number of hydrogen-bond acceptors (Lipinski definition) is 2. The van der Waals surface area contributed by atoms with E-state index in [-0.39, 0.29) is 17.4 Å². The number of aromatic amines is 1. The Hall–Kier alpha value is -2.30. The molecule has 0 aliphatic rings. The van der Waals surface area contributed by atoms with Gasteiger partial charge < -0.3 is 15.2 Å². The van der Waals surface area contributed by atoms with E-state index < -0.39 is 0 Å². The molecular formula is C19H27N3O2. The fraction of sp³-hybridized carbons (Fsp3) is 0.474. The van der Waals surface area contributed by atoms with Crippen LogP contribution in [0.3, 0.4) is 0 Å². The number of para-hydroxylation sites is 1. The quantitative estimate of drug-likeness (QED) is 0.856. The van der Waals surface area contributed by atoms with Gasteiger partial charge in [-0.1, -0.05) is 18.2 Å². The Morgan fingerprint density at radius 2 is 1.92 bits per heavy atom.